The molecular formula is C8H18N2O. The number of likely N-dealkylation sites (N-methyl/N-ethyl adjacent to an activating group) is 1. The van der Waals surface area contributed by atoms with E-state index in [1.54, 1.807) is 0 Å². The molecule has 11 heavy (non-hydrogen) atoms. The molecule has 0 amide bonds. The van der Waals surface area contributed by atoms with Crippen LogP contribution in [-0.2, 0) is 4.74 Å². The van der Waals surface area contributed by atoms with Crippen molar-refractivity contribution in [2.24, 2.45) is 5.73 Å². The second-order valence-corrected chi connectivity index (χ2v) is 3.43. The molecular weight excluding hydrogens is 140 g/mol. The van der Waals surface area contributed by atoms with Crippen LogP contribution in [0.15, 0.2) is 0 Å². The van der Waals surface area contributed by atoms with Gasteiger partial charge in [0.15, 0.2) is 0 Å². The number of nitrogens with zero attached hydrogens (tertiary/aromatic N) is 1. The monoisotopic (exact) mass is 158 g/mol. The zero-order valence-electron chi connectivity index (χ0n) is 7.42. The summed E-state index contributed by atoms with van der Waals surface area (Å²) < 4.78 is 5.28. The van der Waals surface area contributed by atoms with Gasteiger partial charge in [-0.2, -0.15) is 0 Å². The van der Waals surface area contributed by atoms with Gasteiger partial charge in [-0.3, -0.25) is 4.90 Å². The van der Waals surface area contributed by atoms with Crippen LogP contribution in [0.2, 0.25) is 0 Å². The third-order valence-corrected chi connectivity index (χ3v) is 2.10. The second kappa shape index (κ2) is 4.04. The first kappa shape index (κ1) is 8.97. The van der Waals surface area contributed by atoms with Crippen LogP contribution >= 0.6 is 0 Å². The summed E-state index contributed by atoms with van der Waals surface area (Å²) in [5.41, 5.74) is 5.68. The molecule has 66 valence electrons. The molecule has 2 unspecified atom stereocenters. The lowest BCUT2D eigenvalue weighted by Crippen LogP contribution is -2.39. The predicted octanol–water partition coefficient (Wildman–Crippen LogP) is 0.0543. The highest BCUT2D eigenvalue weighted by Crippen LogP contribution is 2.09. The molecule has 2 N–H and O–H groups in total. The molecule has 1 fully saturated rings. The highest BCUT2D eigenvalue weighted by molar-refractivity contribution is 4.74. The second-order valence-electron chi connectivity index (χ2n) is 3.43. The average molecular weight is 158 g/mol. The molecule has 0 spiro atoms. The van der Waals surface area contributed by atoms with Gasteiger partial charge in [-0.1, -0.05) is 0 Å². The molecule has 0 saturated carbocycles. The van der Waals surface area contributed by atoms with Gasteiger partial charge in [-0.15, -0.1) is 0 Å². The highest BCUT2D eigenvalue weighted by Gasteiger charge is 2.20. The maximum atomic E-state index is 5.68. The van der Waals surface area contributed by atoms with Gasteiger partial charge in [0.2, 0.25) is 0 Å². The molecule has 0 aromatic heterocycles. The summed E-state index contributed by atoms with van der Waals surface area (Å²) in [4.78, 5) is 2.29. The summed E-state index contributed by atoms with van der Waals surface area (Å²) >= 11 is 0. The first-order chi connectivity index (χ1) is 5.20. The highest BCUT2D eigenvalue weighted by atomic mass is 16.5. The number of nitrogens with two attached hydrogens (primary N) is 1. The first-order valence-electron chi connectivity index (χ1n) is 4.23. The fourth-order valence-corrected chi connectivity index (χ4v) is 1.47. The Hall–Kier alpha value is -0.120. The van der Waals surface area contributed by atoms with Crippen molar-refractivity contribution in [3.05, 3.63) is 0 Å². The van der Waals surface area contributed by atoms with Crippen molar-refractivity contribution in [1.29, 1.82) is 0 Å². The van der Waals surface area contributed by atoms with Gasteiger partial charge in [0, 0.05) is 25.2 Å². The molecule has 0 aromatic carbocycles. The Balaban J connectivity index is 2.22. The lowest BCUT2D eigenvalue weighted by atomic mass is 10.2. The third-order valence-electron chi connectivity index (χ3n) is 2.10. The van der Waals surface area contributed by atoms with E-state index in [4.69, 9.17) is 10.5 Å². The Bertz CT molecular complexity index is 111. The van der Waals surface area contributed by atoms with E-state index in [9.17, 15) is 0 Å². The average Bonchev–Trinajstić information content (AvgIpc) is 2.35. The van der Waals surface area contributed by atoms with Crippen LogP contribution in [0.25, 0.3) is 0 Å². The molecule has 1 aliphatic rings. The molecule has 1 heterocycles. The van der Waals surface area contributed by atoms with Crippen LogP contribution in [0.5, 0.6) is 0 Å². The Labute approximate surface area is 68.5 Å². The van der Waals surface area contributed by atoms with Crippen molar-refractivity contribution in [2.45, 2.75) is 25.4 Å². The Kier molecular flexibility index (Phi) is 3.30. The quantitative estimate of drug-likeness (QED) is 0.631. The van der Waals surface area contributed by atoms with Crippen LogP contribution in [0, 0.1) is 0 Å². The van der Waals surface area contributed by atoms with Crippen LogP contribution < -0.4 is 5.73 Å². The van der Waals surface area contributed by atoms with E-state index in [2.05, 4.69) is 11.9 Å². The zero-order valence-corrected chi connectivity index (χ0v) is 7.42. The number of hydrogen-bond donors (Lipinski definition) is 1. The van der Waals surface area contributed by atoms with Gasteiger partial charge >= 0.3 is 0 Å². The van der Waals surface area contributed by atoms with Crippen molar-refractivity contribution in [3.63, 3.8) is 0 Å². The predicted molar refractivity (Wildman–Crippen MR) is 45.5 cm³/mol. The topological polar surface area (TPSA) is 38.5 Å². The van der Waals surface area contributed by atoms with Crippen molar-refractivity contribution in [2.75, 3.05) is 26.8 Å². The van der Waals surface area contributed by atoms with E-state index >= 15 is 0 Å². The Morgan fingerprint density at radius 3 is 2.91 bits per heavy atom. The molecule has 0 bridgehead atoms. The van der Waals surface area contributed by atoms with E-state index in [0.717, 1.165) is 26.2 Å². The molecule has 2 atom stereocenters. The standard InChI is InChI=1S/C8H18N2O/c1-7(9)5-10(2)8-3-4-11-6-8/h7-8H,3-6,9H2,1-2H3. The maximum Gasteiger partial charge on any atom is 0.0622 e. The van der Waals surface area contributed by atoms with Gasteiger partial charge < -0.3 is 10.5 Å². The fraction of sp³-hybridized carbons (Fsp3) is 1.00. The minimum atomic E-state index is 0.264. The SMILES string of the molecule is CC(N)CN(C)C1CCOC1. The summed E-state index contributed by atoms with van der Waals surface area (Å²) in [5.74, 6) is 0. The van der Waals surface area contributed by atoms with Gasteiger partial charge in [0.25, 0.3) is 0 Å². The van der Waals surface area contributed by atoms with E-state index < -0.39 is 0 Å². The van der Waals surface area contributed by atoms with E-state index in [1.807, 2.05) is 6.92 Å². The number of rotatable bonds is 3. The van der Waals surface area contributed by atoms with Crippen molar-refractivity contribution >= 4 is 0 Å². The van der Waals surface area contributed by atoms with Crippen molar-refractivity contribution in [1.82, 2.24) is 4.90 Å². The fourth-order valence-electron chi connectivity index (χ4n) is 1.47. The van der Waals surface area contributed by atoms with Gasteiger partial charge in [0.1, 0.15) is 0 Å². The van der Waals surface area contributed by atoms with Gasteiger partial charge in [-0.25, -0.2) is 0 Å². The van der Waals surface area contributed by atoms with Gasteiger partial charge in [0.05, 0.1) is 6.61 Å². The van der Waals surface area contributed by atoms with E-state index in [1.165, 1.54) is 0 Å². The van der Waals surface area contributed by atoms with Crippen LogP contribution in [0.4, 0.5) is 0 Å². The van der Waals surface area contributed by atoms with Crippen molar-refractivity contribution < 1.29 is 4.74 Å². The largest absolute Gasteiger partial charge is 0.380 e. The van der Waals surface area contributed by atoms with Crippen molar-refractivity contribution in [3.8, 4) is 0 Å². The molecule has 1 saturated heterocycles. The smallest absolute Gasteiger partial charge is 0.0622 e. The lowest BCUT2D eigenvalue weighted by Gasteiger charge is -2.24. The molecule has 3 heteroatoms. The molecule has 0 aliphatic carbocycles. The van der Waals surface area contributed by atoms with Gasteiger partial charge in [-0.05, 0) is 20.4 Å². The minimum Gasteiger partial charge on any atom is -0.380 e. The number of ether oxygens (including phenoxy) is 1. The Morgan fingerprint density at radius 1 is 1.73 bits per heavy atom. The summed E-state index contributed by atoms with van der Waals surface area (Å²) in [5, 5.41) is 0. The van der Waals surface area contributed by atoms with E-state index in [0.29, 0.717) is 6.04 Å². The van der Waals surface area contributed by atoms with Crippen LogP contribution in [0.3, 0.4) is 0 Å². The van der Waals surface area contributed by atoms with Crippen LogP contribution in [0.1, 0.15) is 13.3 Å². The molecule has 3 nitrogen and oxygen atoms in total. The first-order valence-corrected chi connectivity index (χ1v) is 4.23. The summed E-state index contributed by atoms with van der Waals surface area (Å²) in [7, 11) is 2.11. The minimum absolute atomic E-state index is 0.264. The lowest BCUT2D eigenvalue weighted by molar-refractivity contribution is 0.157. The molecule has 0 radical (unpaired) electrons. The normalized spacial score (nSPS) is 27.8. The zero-order chi connectivity index (χ0) is 8.27. The summed E-state index contributed by atoms with van der Waals surface area (Å²) in [6, 6.07) is 0.863. The number of hydrogen-bond acceptors (Lipinski definition) is 3. The summed E-state index contributed by atoms with van der Waals surface area (Å²) in [6.07, 6.45) is 1.16. The molecule has 1 aliphatic heterocycles. The maximum absolute atomic E-state index is 5.68. The van der Waals surface area contributed by atoms with E-state index in [-0.39, 0.29) is 6.04 Å². The summed E-state index contributed by atoms with van der Waals surface area (Å²) in [6.45, 7) is 4.79. The molecule has 0 aromatic rings. The van der Waals surface area contributed by atoms with Crippen LogP contribution in [-0.4, -0.2) is 43.8 Å². The Morgan fingerprint density at radius 2 is 2.45 bits per heavy atom. The third kappa shape index (κ3) is 2.77. The molecule has 1 rings (SSSR count).